The fraction of sp³-hybridized carbons (Fsp3) is 0.333. The fourth-order valence-electron chi connectivity index (χ4n) is 1.58. The van der Waals surface area contributed by atoms with Gasteiger partial charge in [0.05, 0.1) is 5.69 Å². The molecule has 1 aliphatic heterocycles. The van der Waals surface area contributed by atoms with E-state index in [4.69, 9.17) is 0 Å². The number of aliphatic hydroxyl groups is 1. The first-order valence-electron chi connectivity index (χ1n) is 4.01. The molecule has 0 bridgehead atoms. The summed E-state index contributed by atoms with van der Waals surface area (Å²) in [7, 11) is 1.63. The molecule has 13 heavy (non-hydrogen) atoms. The molecule has 1 N–H and O–H groups in total. The van der Waals surface area contributed by atoms with Crippen LogP contribution >= 0.6 is 0 Å². The van der Waals surface area contributed by atoms with Crippen LogP contribution in [0, 0.1) is 0 Å². The molecule has 0 aromatic carbocycles. The summed E-state index contributed by atoms with van der Waals surface area (Å²) in [6, 6.07) is 3.51. The van der Waals surface area contributed by atoms with Crippen molar-refractivity contribution in [1.82, 2.24) is 4.98 Å². The van der Waals surface area contributed by atoms with Crippen molar-refractivity contribution >= 4 is 11.6 Å². The number of fused-ring (bicyclic) bond motifs is 1. The monoisotopic (exact) mass is 178 g/mol. The zero-order valence-corrected chi connectivity index (χ0v) is 7.48. The molecule has 1 aliphatic rings. The molecule has 1 aromatic heterocycles. The normalized spacial score (nSPS) is 26.4. The number of carbonyl (C=O) groups excluding carboxylic acids is 1. The lowest BCUT2D eigenvalue weighted by Crippen LogP contribution is -2.35. The number of rotatable bonds is 0. The van der Waals surface area contributed by atoms with Gasteiger partial charge in [-0.2, -0.15) is 0 Å². The van der Waals surface area contributed by atoms with Crippen molar-refractivity contribution in [2.45, 2.75) is 12.5 Å². The van der Waals surface area contributed by atoms with Crippen molar-refractivity contribution in [3.05, 3.63) is 24.0 Å². The Labute approximate surface area is 75.8 Å². The second-order valence-electron chi connectivity index (χ2n) is 3.31. The molecule has 2 rings (SSSR count). The molecule has 1 atom stereocenters. The smallest absolute Gasteiger partial charge is 0.264 e. The Morgan fingerprint density at radius 2 is 2.31 bits per heavy atom. The van der Waals surface area contributed by atoms with E-state index in [0.717, 1.165) is 0 Å². The molecule has 4 heteroatoms. The van der Waals surface area contributed by atoms with Gasteiger partial charge in [0.15, 0.2) is 5.60 Å². The van der Waals surface area contributed by atoms with Crippen LogP contribution in [0.15, 0.2) is 18.3 Å². The van der Waals surface area contributed by atoms with Crippen molar-refractivity contribution in [2.24, 2.45) is 0 Å². The SMILES string of the molecule is CN1C(=O)C(C)(O)c2ncccc21. The molecule has 68 valence electrons. The van der Waals surface area contributed by atoms with Crippen LogP contribution in [0.5, 0.6) is 0 Å². The molecule has 0 saturated heterocycles. The Kier molecular flexibility index (Phi) is 1.44. The van der Waals surface area contributed by atoms with Crippen molar-refractivity contribution in [2.75, 3.05) is 11.9 Å². The molecule has 0 spiro atoms. The van der Waals surface area contributed by atoms with E-state index in [1.54, 1.807) is 25.4 Å². The second-order valence-corrected chi connectivity index (χ2v) is 3.31. The number of nitrogens with zero attached hydrogens (tertiary/aromatic N) is 2. The number of aromatic nitrogens is 1. The highest BCUT2D eigenvalue weighted by molar-refractivity contribution is 6.05. The summed E-state index contributed by atoms with van der Waals surface area (Å²) in [4.78, 5) is 16.9. The first-order valence-corrected chi connectivity index (χ1v) is 4.01. The van der Waals surface area contributed by atoms with Crippen LogP contribution in [0.1, 0.15) is 12.6 Å². The van der Waals surface area contributed by atoms with Crippen molar-refractivity contribution < 1.29 is 9.90 Å². The highest BCUT2D eigenvalue weighted by Gasteiger charge is 2.45. The third-order valence-electron chi connectivity index (χ3n) is 2.33. The Hall–Kier alpha value is -1.42. The van der Waals surface area contributed by atoms with E-state index in [2.05, 4.69) is 4.98 Å². The lowest BCUT2D eigenvalue weighted by Gasteiger charge is -2.14. The Bertz CT molecular complexity index is 374. The van der Waals surface area contributed by atoms with Gasteiger partial charge in [0.25, 0.3) is 5.91 Å². The summed E-state index contributed by atoms with van der Waals surface area (Å²) < 4.78 is 0. The van der Waals surface area contributed by atoms with E-state index in [1.807, 2.05) is 0 Å². The third-order valence-corrected chi connectivity index (χ3v) is 2.33. The van der Waals surface area contributed by atoms with Crippen LogP contribution in [0.4, 0.5) is 5.69 Å². The molecule has 0 aliphatic carbocycles. The van der Waals surface area contributed by atoms with Gasteiger partial charge < -0.3 is 10.0 Å². The molecular weight excluding hydrogens is 168 g/mol. The maximum Gasteiger partial charge on any atom is 0.264 e. The van der Waals surface area contributed by atoms with Crippen LogP contribution in [-0.4, -0.2) is 23.0 Å². The van der Waals surface area contributed by atoms with Crippen LogP contribution in [0.2, 0.25) is 0 Å². The number of likely N-dealkylation sites (N-methyl/N-ethyl adjacent to an activating group) is 1. The Balaban J connectivity index is 2.68. The van der Waals surface area contributed by atoms with Crippen LogP contribution < -0.4 is 4.90 Å². The summed E-state index contributed by atoms with van der Waals surface area (Å²) in [6.07, 6.45) is 1.57. The molecule has 2 heterocycles. The number of carbonyl (C=O) groups is 1. The summed E-state index contributed by atoms with van der Waals surface area (Å²) >= 11 is 0. The van der Waals surface area contributed by atoms with Crippen molar-refractivity contribution in [3.63, 3.8) is 0 Å². The lowest BCUT2D eigenvalue weighted by molar-refractivity contribution is -0.134. The Morgan fingerprint density at radius 3 is 2.92 bits per heavy atom. The minimum Gasteiger partial charge on any atom is -0.374 e. The molecule has 1 aromatic rings. The van der Waals surface area contributed by atoms with Crippen LogP contribution in [-0.2, 0) is 10.4 Å². The zero-order valence-electron chi connectivity index (χ0n) is 7.48. The first-order chi connectivity index (χ1) is 6.05. The molecule has 0 saturated carbocycles. The van der Waals surface area contributed by atoms with Gasteiger partial charge in [0.1, 0.15) is 5.69 Å². The van der Waals surface area contributed by atoms with E-state index in [-0.39, 0.29) is 5.91 Å². The highest BCUT2D eigenvalue weighted by Crippen LogP contribution is 2.36. The van der Waals surface area contributed by atoms with E-state index >= 15 is 0 Å². The van der Waals surface area contributed by atoms with Crippen LogP contribution in [0.25, 0.3) is 0 Å². The van der Waals surface area contributed by atoms with Gasteiger partial charge in [0.2, 0.25) is 0 Å². The zero-order chi connectivity index (χ0) is 9.64. The van der Waals surface area contributed by atoms with E-state index in [9.17, 15) is 9.90 Å². The van der Waals surface area contributed by atoms with Gasteiger partial charge in [-0.25, -0.2) is 0 Å². The van der Waals surface area contributed by atoms with Crippen molar-refractivity contribution in [3.8, 4) is 0 Å². The quantitative estimate of drug-likeness (QED) is 0.620. The number of anilines is 1. The predicted octanol–water partition coefficient (Wildman–Crippen LogP) is 0.265. The summed E-state index contributed by atoms with van der Waals surface area (Å²) in [6.45, 7) is 1.46. The summed E-state index contributed by atoms with van der Waals surface area (Å²) in [5, 5.41) is 9.83. The van der Waals surface area contributed by atoms with Gasteiger partial charge in [0, 0.05) is 13.2 Å². The summed E-state index contributed by atoms with van der Waals surface area (Å²) in [5.74, 6) is -0.332. The largest absolute Gasteiger partial charge is 0.374 e. The van der Waals surface area contributed by atoms with Gasteiger partial charge in [-0.05, 0) is 19.1 Å². The van der Waals surface area contributed by atoms with Gasteiger partial charge in [-0.1, -0.05) is 0 Å². The molecule has 4 nitrogen and oxygen atoms in total. The third kappa shape index (κ3) is 0.890. The number of hydrogen-bond donors (Lipinski definition) is 1. The standard InChI is InChI=1S/C9H10N2O2/c1-9(13)7-6(4-3-5-10-7)11(2)8(9)12/h3-5,13H,1-2H3. The first kappa shape index (κ1) is 8.19. The van der Waals surface area contributed by atoms with E-state index < -0.39 is 5.60 Å². The minimum atomic E-state index is -1.47. The number of amides is 1. The molecule has 0 radical (unpaired) electrons. The topological polar surface area (TPSA) is 53.4 Å². The lowest BCUT2D eigenvalue weighted by atomic mass is 10.0. The van der Waals surface area contributed by atoms with Crippen LogP contribution in [0.3, 0.4) is 0 Å². The molecular formula is C9H10N2O2. The van der Waals surface area contributed by atoms with Gasteiger partial charge in [-0.3, -0.25) is 9.78 Å². The average molecular weight is 178 g/mol. The van der Waals surface area contributed by atoms with E-state index in [1.165, 1.54) is 11.8 Å². The fourth-order valence-corrected chi connectivity index (χ4v) is 1.58. The maximum atomic E-state index is 11.5. The molecule has 1 unspecified atom stereocenters. The predicted molar refractivity (Wildman–Crippen MR) is 47.2 cm³/mol. The van der Waals surface area contributed by atoms with Gasteiger partial charge in [-0.15, -0.1) is 0 Å². The number of hydrogen-bond acceptors (Lipinski definition) is 3. The molecule has 1 amide bonds. The Morgan fingerprint density at radius 1 is 1.62 bits per heavy atom. The second kappa shape index (κ2) is 2.29. The van der Waals surface area contributed by atoms with E-state index in [0.29, 0.717) is 11.4 Å². The van der Waals surface area contributed by atoms with Crippen molar-refractivity contribution in [1.29, 1.82) is 0 Å². The number of pyridine rings is 1. The maximum absolute atomic E-state index is 11.5. The highest BCUT2D eigenvalue weighted by atomic mass is 16.3. The molecule has 0 fully saturated rings. The van der Waals surface area contributed by atoms with Gasteiger partial charge >= 0.3 is 0 Å². The minimum absolute atomic E-state index is 0.332. The summed E-state index contributed by atoms with van der Waals surface area (Å²) in [5.41, 5.74) is -0.356. The average Bonchev–Trinajstić information content (AvgIpc) is 2.30.